The third-order valence-corrected chi connectivity index (χ3v) is 6.48. The molecule has 1 heterocycles. The number of oxime groups is 1. The molecule has 0 bridgehead atoms. The largest absolute Gasteiger partial charge is 0.384 e. The predicted molar refractivity (Wildman–Crippen MR) is 139 cm³/mol. The van der Waals surface area contributed by atoms with Crippen molar-refractivity contribution < 1.29 is 14.4 Å². The minimum absolute atomic E-state index is 0.380. The molecular weight excluding hydrogens is 485 g/mol. The summed E-state index contributed by atoms with van der Waals surface area (Å²) in [5.41, 5.74) is 3.58. The summed E-state index contributed by atoms with van der Waals surface area (Å²) in [6, 6.07) is 20.0. The zero-order valence-corrected chi connectivity index (χ0v) is 21.4. The molecule has 3 aromatic rings. The number of carbonyl (C=O) groups excluding carboxylic acids is 2. The Labute approximate surface area is 214 Å². The van der Waals surface area contributed by atoms with Crippen LogP contribution in [0.5, 0.6) is 0 Å². The zero-order chi connectivity index (χ0) is 25.3. The minimum atomic E-state index is -0.712. The van der Waals surface area contributed by atoms with Gasteiger partial charge in [0.2, 0.25) is 5.91 Å². The predicted octanol–water partition coefficient (Wildman–Crippen LogP) is 6.38. The van der Waals surface area contributed by atoms with Gasteiger partial charge in [0.25, 0.3) is 5.91 Å². The summed E-state index contributed by atoms with van der Waals surface area (Å²) < 4.78 is 0. The van der Waals surface area contributed by atoms with Crippen molar-refractivity contribution in [3.63, 3.8) is 0 Å². The first-order valence-electron chi connectivity index (χ1n) is 11.1. The van der Waals surface area contributed by atoms with Crippen LogP contribution in [-0.2, 0) is 15.2 Å². The topological polar surface area (TPSA) is 62.2 Å². The Hall–Kier alpha value is -3.35. The van der Waals surface area contributed by atoms with Gasteiger partial charge in [-0.1, -0.05) is 52.6 Å². The molecule has 1 aliphatic heterocycles. The summed E-state index contributed by atoms with van der Waals surface area (Å²) in [4.78, 5) is 31.6. The van der Waals surface area contributed by atoms with E-state index in [1.54, 1.807) is 24.2 Å². The van der Waals surface area contributed by atoms with Gasteiger partial charge in [-0.05, 0) is 67.4 Å². The van der Waals surface area contributed by atoms with Crippen LogP contribution in [0.3, 0.4) is 0 Å². The van der Waals surface area contributed by atoms with Gasteiger partial charge in [0.05, 0.1) is 11.4 Å². The fourth-order valence-corrected chi connectivity index (χ4v) is 4.68. The molecule has 0 saturated carbocycles. The van der Waals surface area contributed by atoms with E-state index in [2.05, 4.69) is 5.16 Å². The summed E-state index contributed by atoms with van der Waals surface area (Å²) in [6.07, 6.45) is 0.507. The maximum absolute atomic E-state index is 13.4. The molecule has 0 aromatic heterocycles. The lowest BCUT2D eigenvalue weighted by Gasteiger charge is -2.31. The first kappa shape index (κ1) is 24.8. The van der Waals surface area contributed by atoms with E-state index in [1.165, 1.54) is 6.92 Å². The van der Waals surface area contributed by atoms with Gasteiger partial charge in [0, 0.05) is 41.6 Å². The number of nitrogens with zero attached hydrogens (tertiary/aromatic N) is 3. The fraction of sp³-hybridized carbons (Fsp3) is 0.222. The number of benzene rings is 3. The van der Waals surface area contributed by atoms with E-state index in [0.29, 0.717) is 22.0 Å². The van der Waals surface area contributed by atoms with E-state index in [9.17, 15) is 9.59 Å². The number of rotatable bonds is 5. The Bertz CT molecular complexity index is 1310. The highest BCUT2D eigenvalue weighted by Gasteiger charge is 2.37. The third-order valence-electron chi connectivity index (χ3n) is 6.05. The molecule has 0 saturated heterocycles. The molecule has 35 heavy (non-hydrogen) atoms. The lowest BCUT2D eigenvalue weighted by atomic mass is 9.88. The molecule has 1 atom stereocenters. The van der Waals surface area contributed by atoms with E-state index in [0.717, 1.165) is 33.1 Å². The van der Waals surface area contributed by atoms with Crippen LogP contribution in [0, 0.1) is 6.92 Å². The van der Waals surface area contributed by atoms with Crippen molar-refractivity contribution >= 4 is 46.4 Å². The number of imide groups is 1. The molecule has 3 aromatic carbocycles. The molecule has 8 heteroatoms. The van der Waals surface area contributed by atoms with Crippen molar-refractivity contribution in [2.75, 3.05) is 12.1 Å². The monoisotopic (exact) mass is 509 g/mol. The molecule has 0 radical (unpaired) electrons. The maximum Gasteiger partial charge on any atom is 0.279 e. The number of hydrazine groups is 1. The molecule has 0 fully saturated rings. The maximum atomic E-state index is 13.4. The molecule has 1 unspecified atom stereocenters. The molecule has 4 rings (SSSR count). The first-order chi connectivity index (χ1) is 16.6. The molecular formula is C27H25Cl2N3O3. The second kappa shape index (κ2) is 9.72. The van der Waals surface area contributed by atoms with Crippen molar-refractivity contribution in [1.29, 1.82) is 0 Å². The van der Waals surface area contributed by atoms with E-state index < -0.39 is 11.5 Å². The number of aryl methyl sites for hydroxylation is 1. The highest BCUT2D eigenvalue weighted by molar-refractivity contribution is 6.34. The molecule has 0 aliphatic carbocycles. The van der Waals surface area contributed by atoms with Crippen molar-refractivity contribution in [2.24, 2.45) is 5.16 Å². The number of hydrogen-bond donors (Lipinski definition) is 0. The smallest absolute Gasteiger partial charge is 0.279 e. The lowest BCUT2D eigenvalue weighted by molar-refractivity contribution is -0.126. The molecule has 2 amide bonds. The summed E-state index contributed by atoms with van der Waals surface area (Å²) in [6.45, 7) is 5.14. The Kier molecular flexibility index (Phi) is 6.88. The van der Waals surface area contributed by atoms with Crippen LogP contribution < -0.4 is 5.01 Å². The van der Waals surface area contributed by atoms with Gasteiger partial charge in [0.15, 0.2) is 5.60 Å². The van der Waals surface area contributed by atoms with Crippen molar-refractivity contribution in [2.45, 2.75) is 32.8 Å². The Morgan fingerprint density at radius 3 is 2.26 bits per heavy atom. The highest BCUT2D eigenvalue weighted by atomic mass is 35.5. The van der Waals surface area contributed by atoms with Crippen LogP contribution in [0.1, 0.15) is 47.3 Å². The van der Waals surface area contributed by atoms with Gasteiger partial charge in [-0.15, -0.1) is 0 Å². The number of carbonyl (C=O) groups is 2. The van der Waals surface area contributed by atoms with Crippen LogP contribution in [-0.4, -0.2) is 29.6 Å². The summed E-state index contributed by atoms with van der Waals surface area (Å²) in [5.74, 6) is -0.787. The molecule has 180 valence electrons. The third kappa shape index (κ3) is 5.04. The number of hydrogen-bond acceptors (Lipinski definition) is 5. The Morgan fingerprint density at radius 2 is 1.66 bits per heavy atom. The van der Waals surface area contributed by atoms with Crippen molar-refractivity contribution in [3.05, 3.63) is 99.0 Å². The number of anilines is 1. The van der Waals surface area contributed by atoms with E-state index in [-0.39, 0.29) is 5.91 Å². The number of halogens is 2. The normalized spacial score (nSPS) is 16.9. The fourth-order valence-electron chi connectivity index (χ4n) is 4.16. The van der Waals surface area contributed by atoms with Crippen LogP contribution >= 0.6 is 23.2 Å². The van der Waals surface area contributed by atoms with Gasteiger partial charge < -0.3 is 4.84 Å². The quantitative estimate of drug-likeness (QED) is 0.374. The number of para-hydroxylation sites is 1. The van der Waals surface area contributed by atoms with E-state index in [4.69, 9.17) is 28.0 Å². The Morgan fingerprint density at radius 1 is 1.00 bits per heavy atom. The number of amides is 2. The first-order valence-corrected chi connectivity index (χ1v) is 11.8. The van der Waals surface area contributed by atoms with Gasteiger partial charge in [-0.25, -0.2) is 0 Å². The summed E-state index contributed by atoms with van der Waals surface area (Å²) in [5, 5.41) is 8.05. The summed E-state index contributed by atoms with van der Waals surface area (Å²) in [7, 11) is 1.69. The van der Waals surface area contributed by atoms with Crippen LogP contribution in [0.25, 0.3) is 0 Å². The zero-order valence-electron chi connectivity index (χ0n) is 19.9. The van der Waals surface area contributed by atoms with Crippen molar-refractivity contribution in [1.82, 2.24) is 5.01 Å². The van der Waals surface area contributed by atoms with Crippen LogP contribution in [0.4, 0.5) is 5.69 Å². The molecule has 6 nitrogen and oxygen atoms in total. The van der Waals surface area contributed by atoms with Gasteiger partial charge in [0.1, 0.15) is 0 Å². The minimum Gasteiger partial charge on any atom is -0.384 e. The molecule has 1 aliphatic rings. The summed E-state index contributed by atoms with van der Waals surface area (Å²) >= 11 is 12.4. The van der Waals surface area contributed by atoms with E-state index >= 15 is 0 Å². The average Bonchev–Trinajstić information content (AvgIpc) is 3.22. The van der Waals surface area contributed by atoms with Gasteiger partial charge >= 0.3 is 0 Å². The average molecular weight is 510 g/mol. The molecule has 0 spiro atoms. The second-order valence-corrected chi connectivity index (χ2v) is 9.59. The standard InChI is InChI=1S/C27H25Cl2N3O3/c1-17-12-19(25-16-27(3,35-30-25)20-13-21(28)15-22(29)14-20)10-11-24(17)26(34)32(18(2)33)31(4)23-8-6-5-7-9-23/h5-15H,16H2,1-4H3. The highest BCUT2D eigenvalue weighted by Crippen LogP contribution is 2.38. The Balaban J connectivity index is 1.58. The van der Waals surface area contributed by atoms with Gasteiger partial charge in [-0.3, -0.25) is 14.6 Å². The van der Waals surface area contributed by atoms with E-state index in [1.807, 2.05) is 68.4 Å². The lowest BCUT2D eigenvalue weighted by Crippen LogP contribution is -2.47. The SMILES string of the molecule is CC(=O)N(C(=O)c1ccc(C2=NOC(C)(c3cc(Cl)cc(Cl)c3)C2)cc1C)N(C)c1ccccc1. The van der Waals surface area contributed by atoms with Crippen LogP contribution in [0.15, 0.2) is 71.9 Å². The molecule has 0 N–H and O–H groups in total. The van der Waals surface area contributed by atoms with Crippen molar-refractivity contribution in [3.8, 4) is 0 Å². The second-order valence-electron chi connectivity index (χ2n) is 8.72. The van der Waals surface area contributed by atoms with Gasteiger partial charge in [-0.2, -0.15) is 5.01 Å². The van der Waals surface area contributed by atoms with Crippen LogP contribution in [0.2, 0.25) is 10.0 Å².